The lowest BCUT2D eigenvalue weighted by atomic mass is 9.97. The van der Waals surface area contributed by atoms with Gasteiger partial charge in [0.2, 0.25) is 10.0 Å². The van der Waals surface area contributed by atoms with Gasteiger partial charge >= 0.3 is 0 Å². The van der Waals surface area contributed by atoms with Gasteiger partial charge in [0, 0.05) is 13.2 Å². The lowest BCUT2D eigenvalue weighted by Crippen LogP contribution is -2.34. The maximum absolute atomic E-state index is 13.8. The number of rotatable bonds is 4. The first-order valence-corrected chi connectivity index (χ1v) is 8.31. The molecule has 1 heterocycles. The van der Waals surface area contributed by atoms with E-state index >= 15 is 0 Å². The summed E-state index contributed by atoms with van der Waals surface area (Å²) >= 11 is 5.60. The smallest absolute Gasteiger partial charge is 0.243 e. The van der Waals surface area contributed by atoms with Gasteiger partial charge in [-0.05, 0) is 37.8 Å². The Morgan fingerprint density at radius 2 is 2.25 bits per heavy atom. The van der Waals surface area contributed by atoms with Gasteiger partial charge in [-0.3, -0.25) is 0 Å². The third kappa shape index (κ3) is 3.69. The van der Waals surface area contributed by atoms with Gasteiger partial charge in [-0.1, -0.05) is 17.7 Å². The molecule has 0 radical (unpaired) electrons. The molecule has 0 saturated carbocycles. The molecular weight excluding hydrogens is 305 g/mol. The van der Waals surface area contributed by atoms with Crippen LogP contribution in [0.3, 0.4) is 0 Å². The van der Waals surface area contributed by atoms with Gasteiger partial charge in [-0.2, -0.15) is 0 Å². The van der Waals surface area contributed by atoms with E-state index in [9.17, 15) is 12.8 Å². The van der Waals surface area contributed by atoms with E-state index in [1.807, 2.05) is 6.92 Å². The third-order valence-electron chi connectivity index (χ3n) is 3.36. The number of sulfonamides is 1. The Morgan fingerprint density at radius 1 is 1.50 bits per heavy atom. The number of hydrogen-bond acceptors (Lipinski definition) is 3. The Balaban J connectivity index is 2.06. The first kappa shape index (κ1) is 15.7. The molecular formula is C13H17ClFNO3S. The van der Waals surface area contributed by atoms with Crippen LogP contribution in [0.25, 0.3) is 0 Å². The molecule has 1 aromatic carbocycles. The predicted molar refractivity (Wildman–Crippen MR) is 74.7 cm³/mol. The summed E-state index contributed by atoms with van der Waals surface area (Å²) in [5.41, 5.74) is 0. The van der Waals surface area contributed by atoms with E-state index in [0.29, 0.717) is 6.61 Å². The molecule has 1 aromatic rings. The van der Waals surface area contributed by atoms with Crippen LogP contribution in [0.4, 0.5) is 4.39 Å². The van der Waals surface area contributed by atoms with E-state index in [1.165, 1.54) is 18.2 Å². The average Bonchev–Trinajstić information content (AvgIpc) is 2.40. The van der Waals surface area contributed by atoms with E-state index in [-0.39, 0.29) is 23.6 Å². The fourth-order valence-corrected chi connectivity index (χ4v) is 3.72. The molecule has 20 heavy (non-hydrogen) atoms. The number of hydrogen-bond donors (Lipinski definition) is 1. The second kappa shape index (κ2) is 6.39. The summed E-state index contributed by atoms with van der Waals surface area (Å²) in [5, 5.41) is -0.201. The van der Waals surface area contributed by atoms with Crippen molar-refractivity contribution in [3.8, 4) is 0 Å². The molecule has 112 valence electrons. The minimum absolute atomic E-state index is 0.126. The Kier molecular flexibility index (Phi) is 5.01. The van der Waals surface area contributed by atoms with E-state index in [0.717, 1.165) is 12.8 Å². The van der Waals surface area contributed by atoms with Crippen LogP contribution in [0.5, 0.6) is 0 Å². The fraction of sp³-hybridized carbons (Fsp3) is 0.538. The van der Waals surface area contributed by atoms with Crippen molar-refractivity contribution in [3.05, 3.63) is 29.0 Å². The molecule has 1 aliphatic rings. The summed E-state index contributed by atoms with van der Waals surface area (Å²) in [6.07, 6.45) is 1.71. The predicted octanol–water partition coefficient (Wildman–Crippen LogP) is 2.57. The van der Waals surface area contributed by atoms with Crippen LogP contribution in [0, 0.1) is 11.7 Å². The maximum atomic E-state index is 13.8. The highest BCUT2D eigenvalue weighted by Gasteiger charge is 2.24. The first-order chi connectivity index (χ1) is 9.40. The van der Waals surface area contributed by atoms with Crippen LogP contribution in [0.1, 0.15) is 19.8 Å². The van der Waals surface area contributed by atoms with Crippen molar-refractivity contribution in [2.24, 2.45) is 5.92 Å². The van der Waals surface area contributed by atoms with Crippen molar-refractivity contribution in [2.45, 2.75) is 30.8 Å². The molecule has 0 aliphatic carbocycles. The number of benzene rings is 1. The van der Waals surface area contributed by atoms with Gasteiger partial charge in [0.05, 0.1) is 11.1 Å². The Bertz CT molecular complexity index is 579. The SMILES string of the molecule is CC1CC(CNS(=O)(=O)c2cccc(Cl)c2F)CCO1. The van der Waals surface area contributed by atoms with Crippen LogP contribution >= 0.6 is 11.6 Å². The minimum atomic E-state index is -3.88. The largest absolute Gasteiger partial charge is 0.378 e. The Labute approximate surface area is 123 Å². The average molecular weight is 322 g/mol. The van der Waals surface area contributed by atoms with E-state index < -0.39 is 20.7 Å². The molecule has 1 aliphatic heterocycles. The van der Waals surface area contributed by atoms with Gasteiger partial charge in [-0.15, -0.1) is 0 Å². The van der Waals surface area contributed by atoms with E-state index in [2.05, 4.69) is 4.72 Å². The topological polar surface area (TPSA) is 55.4 Å². The van der Waals surface area contributed by atoms with Crippen molar-refractivity contribution >= 4 is 21.6 Å². The van der Waals surface area contributed by atoms with Gasteiger partial charge in [-0.25, -0.2) is 17.5 Å². The second-order valence-electron chi connectivity index (χ2n) is 4.98. The highest BCUT2D eigenvalue weighted by molar-refractivity contribution is 7.89. The fourth-order valence-electron chi connectivity index (χ4n) is 2.27. The lowest BCUT2D eigenvalue weighted by molar-refractivity contribution is 0.00397. The summed E-state index contributed by atoms with van der Waals surface area (Å²) in [5.74, 6) is -0.710. The number of halogens is 2. The molecule has 1 saturated heterocycles. The van der Waals surface area contributed by atoms with Crippen molar-refractivity contribution in [3.63, 3.8) is 0 Å². The highest BCUT2D eigenvalue weighted by Crippen LogP contribution is 2.23. The normalized spacial score (nSPS) is 23.8. The van der Waals surface area contributed by atoms with Crippen molar-refractivity contribution in [1.82, 2.24) is 4.72 Å². The third-order valence-corrected chi connectivity index (χ3v) is 5.09. The molecule has 7 heteroatoms. The summed E-state index contributed by atoms with van der Waals surface area (Å²) in [6.45, 7) is 2.86. The van der Waals surface area contributed by atoms with Gasteiger partial charge in [0.25, 0.3) is 0 Å². The zero-order valence-electron chi connectivity index (χ0n) is 11.1. The van der Waals surface area contributed by atoms with Crippen molar-refractivity contribution in [2.75, 3.05) is 13.2 Å². The molecule has 0 bridgehead atoms. The number of ether oxygens (including phenoxy) is 1. The molecule has 1 fully saturated rings. The number of nitrogens with one attached hydrogen (secondary N) is 1. The van der Waals surface area contributed by atoms with Gasteiger partial charge in [0.15, 0.2) is 5.82 Å². The van der Waals surface area contributed by atoms with E-state index in [1.54, 1.807) is 0 Å². The summed E-state index contributed by atoms with van der Waals surface area (Å²) in [7, 11) is -3.88. The summed E-state index contributed by atoms with van der Waals surface area (Å²) in [4.78, 5) is -0.412. The van der Waals surface area contributed by atoms with Crippen LogP contribution in [0.2, 0.25) is 5.02 Å². The lowest BCUT2D eigenvalue weighted by Gasteiger charge is -2.27. The van der Waals surface area contributed by atoms with Gasteiger partial charge < -0.3 is 4.74 Å². The standard InChI is InChI=1S/C13H17ClFNO3S/c1-9-7-10(5-6-19-9)8-16-20(17,18)12-4-2-3-11(14)13(12)15/h2-4,9-10,16H,5-8H2,1H3. The molecule has 0 aromatic heterocycles. The molecule has 2 atom stereocenters. The van der Waals surface area contributed by atoms with Crippen LogP contribution < -0.4 is 4.72 Å². The van der Waals surface area contributed by atoms with Crippen LogP contribution in [0.15, 0.2) is 23.1 Å². The van der Waals surface area contributed by atoms with Crippen molar-refractivity contribution in [1.29, 1.82) is 0 Å². The van der Waals surface area contributed by atoms with Crippen LogP contribution in [-0.2, 0) is 14.8 Å². The molecule has 2 rings (SSSR count). The monoisotopic (exact) mass is 321 g/mol. The first-order valence-electron chi connectivity index (χ1n) is 6.45. The second-order valence-corrected chi connectivity index (χ2v) is 7.12. The van der Waals surface area contributed by atoms with E-state index in [4.69, 9.17) is 16.3 Å². The highest BCUT2D eigenvalue weighted by atomic mass is 35.5. The van der Waals surface area contributed by atoms with Crippen LogP contribution in [-0.4, -0.2) is 27.7 Å². The molecule has 0 spiro atoms. The zero-order valence-corrected chi connectivity index (χ0v) is 12.7. The summed E-state index contributed by atoms with van der Waals surface area (Å²) < 4.78 is 45.8. The Morgan fingerprint density at radius 3 is 2.95 bits per heavy atom. The minimum Gasteiger partial charge on any atom is -0.378 e. The molecule has 4 nitrogen and oxygen atoms in total. The summed E-state index contributed by atoms with van der Waals surface area (Å²) in [6, 6.07) is 3.93. The Hall–Kier alpha value is -0.690. The van der Waals surface area contributed by atoms with Crippen molar-refractivity contribution < 1.29 is 17.5 Å². The van der Waals surface area contributed by atoms with Gasteiger partial charge in [0.1, 0.15) is 4.90 Å². The maximum Gasteiger partial charge on any atom is 0.243 e. The molecule has 1 N–H and O–H groups in total. The zero-order chi connectivity index (χ0) is 14.8. The molecule has 0 amide bonds. The quantitative estimate of drug-likeness (QED) is 0.927. The molecule has 2 unspecified atom stereocenters.